The SMILES string of the molecule is CC=CC=CCCN1CCC(NCC)C1. The molecule has 1 aliphatic rings. The van der Waals surface area contributed by atoms with Crippen LogP contribution in [0.3, 0.4) is 0 Å². The van der Waals surface area contributed by atoms with Gasteiger partial charge in [-0.15, -0.1) is 0 Å². The molecule has 15 heavy (non-hydrogen) atoms. The highest BCUT2D eigenvalue weighted by atomic mass is 15.2. The Balaban J connectivity index is 2.08. The van der Waals surface area contributed by atoms with Crippen molar-refractivity contribution in [2.24, 2.45) is 0 Å². The molecule has 1 N–H and O–H groups in total. The van der Waals surface area contributed by atoms with E-state index < -0.39 is 0 Å². The Morgan fingerprint density at radius 3 is 3.00 bits per heavy atom. The molecule has 1 aliphatic heterocycles. The van der Waals surface area contributed by atoms with E-state index in [-0.39, 0.29) is 0 Å². The van der Waals surface area contributed by atoms with Crippen molar-refractivity contribution in [3.05, 3.63) is 24.3 Å². The summed E-state index contributed by atoms with van der Waals surface area (Å²) in [5.74, 6) is 0. The van der Waals surface area contributed by atoms with E-state index in [1.807, 2.05) is 6.92 Å². The fourth-order valence-corrected chi connectivity index (χ4v) is 2.03. The smallest absolute Gasteiger partial charge is 0.0207 e. The summed E-state index contributed by atoms with van der Waals surface area (Å²) in [5.41, 5.74) is 0. The van der Waals surface area contributed by atoms with Crippen molar-refractivity contribution >= 4 is 0 Å². The van der Waals surface area contributed by atoms with Crippen LogP contribution in [-0.2, 0) is 0 Å². The van der Waals surface area contributed by atoms with Crippen molar-refractivity contribution < 1.29 is 0 Å². The van der Waals surface area contributed by atoms with Gasteiger partial charge in [-0.1, -0.05) is 31.2 Å². The maximum atomic E-state index is 3.51. The fourth-order valence-electron chi connectivity index (χ4n) is 2.03. The number of hydrogen-bond donors (Lipinski definition) is 1. The van der Waals surface area contributed by atoms with E-state index in [2.05, 4.69) is 41.4 Å². The minimum absolute atomic E-state index is 0.731. The number of allylic oxidation sites excluding steroid dienone is 3. The highest BCUT2D eigenvalue weighted by Gasteiger charge is 2.20. The predicted octanol–water partition coefficient (Wildman–Crippen LogP) is 2.19. The Kier molecular flexibility index (Phi) is 6.37. The first kappa shape index (κ1) is 12.5. The molecule has 0 aromatic rings. The first-order valence-electron chi connectivity index (χ1n) is 6.10. The zero-order chi connectivity index (χ0) is 10.9. The van der Waals surface area contributed by atoms with E-state index in [1.54, 1.807) is 0 Å². The van der Waals surface area contributed by atoms with Crippen LogP contribution in [0.2, 0.25) is 0 Å². The van der Waals surface area contributed by atoms with Crippen LogP contribution in [0, 0.1) is 0 Å². The largest absolute Gasteiger partial charge is 0.313 e. The summed E-state index contributed by atoms with van der Waals surface area (Å²) in [6.45, 7) is 9.02. The van der Waals surface area contributed by atoms with Gasteiger partial charge in [-0.25, -0.2) is 0 Å². The normalized spacial score (nSPS) is 23.5. The lowest BCUT2D eigenvalue weighted by molar-refractivity contribution is 0.335. The van der Waals surface area contributed by atoms with Crippen LogP contribution in [0.15, 0.2) is 24.3 Å². The zero-order valence-electron chi connectivity index (χ0n) is 10.1. The lowest BCUT2D eigenvalue weighted by Crippen LogP contribution is -2.32. The van der Waals surface area contributed by atoms with E-state index in [1.165, 1.54) is 32.5 Å². The van der Waals surface area contributed by atoms with Gasteiger partial charge in [-0.05, 0) is 32.9 Å². The van der Waals surface area contributed by atoms with Crippen LogP contribution in [-0.4, -0.2) is 37.1 Å². The number of hydrogen-bond acceptors (Lipinski definition) is 2. The van der Waals surface area contributed by atoms with E-state index in [4.69, 9.17) is 0 Å². The van der Waals surface area contributed by atoms with Crippen LogP contribution in [0.25, 0.3) is 0 Å². The molecule has 0 aromatic heterocycles. The van der Waals surface area contributed by atoms with Gasteiger partial charge in [0.25, 0.3) is 0 Å². The third kappa shape index (κ3) is 5.14. The molecule has 0 radical (unpaired) electrons. The number of nitrogens with zero attached hydrogens (tertiary/aromatic N) is 1. The molecule has 0 amide bonds. The maximum absolute atomic E-state index is 3.51. The Bertz CT molecular complexity index is 209. The minimum Gasteiger partial charge on any atom is -0.313 e. The van der Waals surface area contributed by atoms with Gasteiger partial charge < -0.3 is 10.2 Å². The molecule has 0 spiro atoms. The Hall–Kier alpha value is -0.600. The van der Waals surface area contributed by atoms with Crippen LogP contribution < -0.4 is 5.32 Å². The van der Waals surface area contributed by atoms with Gasteiger partial charge in [0.2, 0.25) is 0 Å². The summed E-state index contributed by atoms with van der Waals surface area (Å²) in [7, 11) is 0. The molecule has 0 bridgehead atoms. The van der Waals surface area contributed by atoms with E-state index in [0.717, 1.165) is 12.6 Å². The highest BCUT2D eigenvalue weighted by molar-refractivity contribution is 5.01. The van der Waals surface area contributed by atoms with Gasteiger partial charge >= 0.3 is 0 Å². The number of rotatable bonds is 6. The first-order chi connectivity index (χ1) is 7.36. The first-order valence-corrected chi connectivity index (χ1v) is 6.10. The molecule has 0 aliphatic carbocycles. The van der Waals surface area contributed by atoms with Gasteiger partial charge in [-0.2, -0.15) is 0 Å². The molecule has 2 heteroatoms. The van der Waals surface area contributed by atoms with E-state index in [0.29, 0.717) is 0 Å². The van der Waals surface area contributed by atoms with Gasteiger partial charge in [0, 0.05) is 19.1 Å². The summed E-state index contributed by atoms with van der Waals surface area (Å²) in [4.78, 5) is 2.55. The van der Waals surface area contributed by atoms with Crippen molar-refractivity contribution in [1.29, 1.82) is 0 Å². The summed E-state index contributed by atoms with van der Waals surface area (Å²) in [6, 6.07) is 0.731. The summed E-state index contributed by atoms with van der Waals surface area (Å²) < 4.78 is 0. The van der Waals surface area contributed by atoms with Crippen LogP contribution in [0.4, 0.5) is 0 Å². The standard InChI is InChI=1S/C13H24N2/c1-3-5-6-7-8-10-15-11-9-13(12-15)14-4-2/h3,5-7,13-14H,4,8-12H2,1-2H3. The third-order valence-corrected chi connectivity index (χ3v) is 2.82. The van der Waals surface area contributed by atoms with Crippen LogP contribution in [0.1, 0.15) is 26.7 Å². The number of nitrogens with one attached hydrogen (secondary N) is 1. The molecule has 1 unspecified atom stereocenters. The van der Waals surface area contributed by atoms with Crippen LogP contribution in [0.5, 0.6) is 0 Å². The Labute approximate surface area is 94.0 Å². The highest BCUT2D eigenvalue weighted by Crippen LogP contribution is 2.09. The molecule has 1 saturated heterocycles. The molecule has 2 nitrogen and oxygen atoms in total. The van der Waals surface area contributed by atoms with Gasteiger partial charge in [-0.3, -0.25) is 0 Å². The zero-order valence-corrected chi connectivity index (χ0v) is 10.1. The molecule has 1 atom stereocenters. The van der Waals surface area contributed by atoms with E-state index >= 15 is 0 Å². The quantitative estimate of drug-likeness (QED) is 0.673. The van der Waals surface area contributed by atoms with Crippen molar-refractivity contribution in [3.63, 3.8) is 0 Å². The fraction of sp³-hybridized carbons (Fsp3) is 0.692. The molecular weight excluding hydrogens is 184 g/mol. The molecule has 1 heterocycles. The second-order valence-electron chi connectivity index (χ2n) is 4.09. The lowest BCUT2D eigenvalue weighted by Gasteiger charge is -2.14. The Morgan fingerprint density at radius 2 is 2.27 bits per heavy atom. The molecule has 0 aromatic carbocycles. The van der Waals surface area contributed by atoms with Crippen LogP contribution >= 0.6 is 0 Å². The summed E-state index contributed by atoms with van der Waals surface area (Å²) >= 11 is 0. The second-order valence-corrected chi connectivity index (χ2v) is 4.09. The molecule has 86 valence electrons. The molecular formula is C13H24N2. The predicted molar refractivity (Wildman–Crippen MR) is 67.1 cm³/mol. The van der Waals surface area contributed by atoms with Crippen molar-refractivity contribution in [2.75, 3.05) is 26.2 Å². The number of likely N-dealkylation sites (N-methyl/N-ethyl adjacent to an activating group) is 1. The summed E-state index contributed by atoms with van der Waals surface area (Å²) in [5, 5.41) is 3.51. The van der Waals surface area contributed by atoms with Crippen molar-refractivity contribution in [2.45, 2.75) is 32.7 Å². The monoisotopic (exact) mass is 208 g/mol. The topological polar surface area (TPSA) is 15.3 Å². The second kappa shape index (κ2) is 7.66. The van der Waals surface area contributed by atoms with Gasteiger partial charge in [0.05, 0.1) is 0 Å². The molecule has 0 saturated carbocycles. The average molecular weight is 208 g/mol. The van der Waals surface area contributed by atoms with E-state index in [9.17, 15) is 0 Å². The molecule has 1 fully saturated rings. The third-order valence-electron chi connectivity index (χ3n) is 2.82. The average Bonchev–Trinajstić information content (AvgIpc) is 2.66. The van der Waals surface area contributed by atoms with Crippen molar-refractivity contribution in [1.82, 2.24) is 10.2 Å². The lowest BCUT2D eigenvalue weighted by atomic mass is 10.3. The minimum atomic E-state index is 0.731. The summed E-state index contributed by atoms with van der Waals surface area (Å²) in [6.07, 6.45) is 11.0. The number of likely N-dealkylation sites (tertiary alicyclic amines) is 1. The van der Waals surface area contributed by atoms with Crippen molar-refractivity contribution in [3.8, 4) is 0 Å². The van der Waals surface area contributed by atoms with Gasteiger partial charge in [0.1, 0.15) is 0 Å². The van der Waals surface area contributed by atoms with Gasteiger partial charge in [0.15, 0.2) is 0 Å². The maximum Gasteiger partial charge on any atom is 0.0207 e. The Morgan fingerprint density at radius 1 is 1.40 bits per heavy atom. The molecule has 1 rings (SSSR count).